The van der Waals surface area contributed by atoms with Crippen LogP contribution in [0.1, 0.15) is 54.4 Å². The summed E-state index contributed by atoms with van der Waals surface area (Å²) < 4.78 is 23.0. The fraction of sp³-hybridized carbons (Fsp3) is 0.650. The first kappa shape index (κ1) is 22.5. The minimum atomic E-state index is -0.564. The summed E-state index contributed by atoms with van der Waals surface area (Å²) in [4.78, 5) is 11.9. The van der Waals surface area contributed by atoms with Gasteiger partial charge in [0.15, 0.2) is 0 Å². The van der Waals surface area contributed by atoms with Crippen molar-refractivity contribution in [2.45, 2.75) is 65.6 Å². The summed E-state index contributed by atoms with van der Waals surface area (Å²) in [6.07, 6.45) is 6.84. The minimum absolute atomic E-state index is 0.217. The molecule has 1 heterocycles. The maximum absolute atomic E-state index is 11.9. The Morgan fingerprint density at radius 3 is 2.23 bits per heavy atom. The van der Waals surface area contributed by atoms with Crippen LogP contribution >= 0.6 is 0 Å². The van der Waals surface area contributed by atoms with E-state index in [1.54, 1.807) is 20.1 Å². The number of allylic oxidation sites excluding steroid dienone is 4. The van der Waals surface area contributed by atoms with Gasteiger partial charge in [-0.15, -0.1) is 6.58 Å². The van der Waals surface area contributed by atoms with E-state index >= 15 is 0 Å². The fourth-order valence-corrected chi connectivity index (χ4v) is 2.48. The maximum atomic E-state index is 11.9. The molecule has 1 unspecified atom stereocenters. The molecule has 1 fully saturated rings. The molecule has 1 atom stereocenters. The van der Waals surface area contributed by atoms with E-state index in [2.05, 4.69) is 6.58 Å². The lowest BCUT2D eigenvalue weighted by molar-refractivity contribution is -0.147. The molecule has 0 aromatic carbocycles. The molecule has 0 spiro atoms. The molecule has 0 aromatic rings. The van der Waals surface area contributed by atoms with Crippen molar-refractivity contribution in [1.82, 2.24) is 0 Å². The standard InChI is InChI=1S/C20H33BO5/c1-9-11-12-17(23-8)16(14-13-15(3)18(22)24-10-2)21-25-19(4,5)20(6,7)26-21/h9,12,14-15H,1,10-11,13H2,2-8H3/b16-14+,17-12+. The van der Waals surface area contributed by atoms with Gasteiger partial charge in [0.05, 0.1) is 30.8 Å². The van der Waals surface area contributed by atoms with Gasteiger partial charge in [-0.1, -0.05) is 19.1 Å². The third-order valence-corrected chi connectivity index (χ3v) is 4.86. The van der Waals surface area contributed by atoms with E-state index in [0.717, 1.165) is 5.47 Å². The van der Waals surface area contributed by atoms with E-state index in [4.69, 9.17) is 18.8 Å². The second kappa shape index (κ2) is 9.42. The lowest BCUT2D eigenvalue weighted by Gasteiger charge is -2.32. The molecular weight excluding hydrogens is 331 g/mol. The van der Waals surface area contributed by atoms with E-state index in [1.807, 2.05) is 46.8 Å². The lowest BCUT2D eigenvalue weighted by atomic mass is 9.75. The van der Waals surface area contributed by atoms with Gasteiger partial charge in [0.25, 0.3) is 0 Å². The molecule has 1 saturated heterocycles. The van der Waals surface area contributed by atoms with Crippen molar-refractivity contribution in [2.24, 2.45) is 5.92 Å². The summed E-state index contributed by atoms with van der Waals surface area (Å²) in [6.45, 7) is 15.8. The van der Waals surface area contributed by atoms with Crippen LogP contribution in [0.15, 0.2) is 36.0 Å². The van der Waals surface area contributed by atoms with E-state index in [9.17, 15) is 4.79 Å². The van der Waals surface area contributed by atoms with Crippen molar-refractivity contribution in [3.8, 4) is 0 Å². The summed E-state index contributed by atoms with van der Waals surface area (Å²) in [5.41, 5.74) is -0.133. The average molecular weight is 364 g/mol. The zero-order valence-electron chi connectivity index (χ0n) is 17.3. The monoisotopic (exact) mass is 364 g/mol. The number of hydrogen-bond acceptors (Lipinski definition) is 5. The highest BCUT2D eigenvalue weighted by atomic mass is 16.7. The van der Waals surface area contributed by atoms with Crippen molar-refractivity contribution in [3.05, 3.63) is 36.0 Å². The molecule has 1 aliphatic rings. The largest absolute Gasteiger partial charge is 0.498 e. The molecule has 0 radical (unpaired) electrons. The van der Waals surface area contributed by atoms with Crippen LogP contribution in [0.5, 0.6) is 0 Å². The third-order valence-electron chi connectivity index (χ3n) is 4.86. The van der Waals surface area contributed by atoms with Gasteiger partial charge in [0, 0.05) is 5.47 Å². The zero-order chi connectivity index (χ0) is 20.0. The SMILES string of the molecule is C=CC/C=C(OC)\C(=C/CC(C)C(=O)OCC)B1OC(C)(C)C(C)(C)O1. The molecule has 0 N–H and O–H groups in total. The topological polar surface area (TPSA) is 54.0 Å². The Labute approximate surface area is 158 Å². The highest BCUT2D eigenvalue weighted by Gasteiger charge is 2.53. The summed E-state index contributed by atoms with van der Waals surface area (Å²) >= 11 is 0. The number of methoxy groups -OCH3 is 1. The minimum Gasteiger partial charge on any atom is -0.497 e. The summed E-state index contributed by atoms with van der Waals surface area (Å²) in [5.74, 6) is 0.190. The highest BCUT2D eigenvalue weighted by Crippen LogP contribution is 2.40. The second-order valence-electron chi connectivity index (χ2n) is 7.43. The van der Waals surface area contributed by atoms with Crippen LogP contribution in [0.2, 0.25) is 0 Å². The van der Waals surface area contributed by atoms with Crippen LogP contribution in [0.25, 0.3) is 0 Å². The Morgan fingerprint density at radius 2 is 1.77 bits per heavy atom. The molecular formula is C20H33BO5. The van der Waals surface area contributed by atoms with Crippen LogP contribution in [0.3, 0.4) is 0 Å². The Balaban J connectivity index is 3.13. The number of rotatable bonds is 9. The van der Waals surface area contributed by atoms with Gasteiger partial charge in [0.1, 0.15) is 5.76 Å². The second-order valence-corrected chi connectivity index (χ2v) is 7.43. The van der Waals surface area contributed by atoms with Crippen LogP contribution in [-0.4, -0.2) is 38.0 Å². The average Bonchev–Trinajstić information content (AvgIpc) is 2.78. The van der Waals surface area contributed by atoms with E-state index in [0.29, 0.717) is 25.2 Å². The molecule has 1 rings (SSSR count). The first-order valence-electron chi connectivity index (χ1n) is 9.17. The molecule has 1 aliphatic heterocycles. The smallest absolute Gasteiger partial charge is 0.497 e. The van der Waals surface area contributed by atoms with Gasteiger partial charge in [-0.05, 0) is 53.5 Å². The van der Waals surface area contributed by atoms with Crippen LogP contribution in [0.4, 0.5) is 0 Å². The van der Waals surface area contributed by atoms with Gasteiger partial charge in [-0.3, -0.25) is 4.79 Å². The molecule has 0 aromatic heterocycles. The van der Waals surface area contributed by atoms with Crippen molar-refractivity contribution in [1.29, 1.82) is 0 Å². The number of ether oxygens (including phenoxy) is 2. The Bertz CT molecular complexity index is 547. The van der Waals surface area contributed by atoms with E-state index in [-0.39, 0.29) is 11.9 Å². The first-order chi connectivity index (χ1) is 12.1. The molecule has 5 nitrogen and oxygen atoms in total. The molecule has 0 saturated carbocycles. The van der Waals surface area contributed by atoms with E-state index < -0.39 is 18.3 Å². The molecule has 146 valence electrons. The Kier molecular flexibility index (Phi) is 8.16. The van der Waals surface area contributed by atoms with Gasteiger partial charge in [0.2, 0.25) is 0 Å². The summed E-state index contributed by atoms with van der Waals surface area (Å²) in [5, 5.41) is 0. The van der Waals surface area contributed by atoms with Crippen molar-refractivity contribution < 1.29 is 23.6 Å². The van der Waals surface area contributed by atoms with Gasteiger partial charge in [-0.25, -0.2) is 0 Å². The van der Waals surface area contributed by atoms with Crippen molar-refractivity contribution >= 4 is 13.1 Å². The Morgan fingerprint density at radius 1 is 1.19 bits per heavy atom. The van der Waals surface area contributed by atoms with Gasteiger partial charge < -0.3 is 18.8 Å². The predicted molar refractivity (Wildman–Crippen MR) is 104 cm³/mol. The van der Waals surface area contributed by atoms with E-state index in [1.165, 1.54) is 0 Å². The first-order valence-corrected chi connectivity index (χ1v) is 9.17. The van der Waals surface area contributed by atoms with Gasteiger partial charge >= 0.3 is 13.1 Å². The fourth-order valence-electron chi connectivity index (χ4n) is 2.48. The molecule has 6 heteroatoms. The number of hydrogen-bond donors (Lipinski definition) is 0. The zero-order valence-corrected chi connectivity index (χ0v) is 17.3. The van der Waals surface area contributed by atoms with Crippen LogP contribution in [0, 0.1) is 5.92 Å². The summed E-state index contributed by atoms with van der Waals surface area (Å²) in [6, 6.07) is 0. The molecule has 0 amide bonds. The highest BCUT2D eigenvalue weighted by molar-refractivity contribution is 6.56. The third kappa shape index (κ3) is 5.48. The van der Waals surface area contributed by atoms with Gasteiger partial charge in [-0.2, -0.15) is 0 Å². The molecule has 0 aliphatic carbocycles. The van der Waals surface area contributed by atoms with Crippen molar-refractivity contribution in [3.63, 3.8) is 0 Å². The number of carbonyl (C=O) groups excluding carboxylic acids is 1. The normalized spacial score (nSPS) is 20.7. The summed E-state index contributed by atoms with van der Waals surface area (Å²) in [7, 11) is 1.05. The quantitative estimate of drug-likeness (QED) is 0.201. The molecule has 0 bridgehead atoms. The number of carbonyl (C=O) groups is 1. The van der Waals surface area contributed by atoms with Crippen molar-refractivity contribution in [2.75, 3.05) is 13.7 Å². The maximum Gasteiger partial charge on any atom is 0.498 e. The predicted octanol–water partition coefficient (Wildman–Crippen LogP) is 4.24. The van der Waals surface area contributed by atoms with Crippen LogP contribution in [-0.2, 0) is 23.6 Å². The van der Waals surface area contributed by atoms with Crippen LogP contribution < -0.4 is 0 Å². The lowest BCUT2D eigenvalue weighted by Crippen LogP contribution is -2.41. The Hall–Kier alpha value is -1.53. The molecule has 26 heavy (non-hydrogen) atoms. The number of esters is 1.